The van der Waals surface area contributed by atoms with Crippen molar-refractivity contribution in [3.8, 4) is 17.3 Å². The van der Waals surface area contributed by atoms with Crippen molar-refractivity contribution in [2.45, 2.75) is 31.7 Å². The topological polar surface area (TPSA) is 82.2 Å². The fraction of sp³-hybridized carbons (Fsp3) is 0.316. The first-order valence-corrected chi connectivity index (χ1v) is 8.66. The highest BCUT2D eigenvalue weighted by molar-refractivity contribution is 5.91. The molecule has 1 N–H and O–H groups in total. The molecule has 7 nitrogen and oxygen atoms in total. The van der Waals surface area contributed by atoms with E-state index in [4.69, 9.17) is 9.15 Å². The Morgan fingerprint density at radius 2 is 2.19 bits per heavy atom. The number of hydrogen-bond donors (Lipinski definition) is 1. The van der Waals surface area contributed by atoms with Crippen molar-refractivity contribution in [2.24, 2.45) is 0 Å². The molecule has 1 aliphatic carbocycles. The Labute approximate surface area is 151 Å². The number of ether oxygens (including phenoxy) is 1. The van der Waals surface area contributed by atoms with Crippen molar-refractivity contribution in [3.63, 3.8) is 0 Å². The van der Waals surface area contributed by atoms with Gasteiger partial charge in [0.15, 0.2) is 0 Å². The van der Waals surface area contributed by atoms with Gasteiger partial charge in [-0.1, -0.05) is 12.5 Å². The van der Waals surface area contributed by atoms with Crippen LogP contribution in [0.1, 0.15) is 31.1 Å². The number of hydrogen-bond acceptors (Lipinski definition) is 5. The fourth-order valence-corrected chi connectivity index (χ4v) is 2.96. The van der Waals surface area contributed by atoms with Crippen molar-refractivity contribution >= 4 is 11.6 Å². The summed E-state index contributed by atoms with van der Waals surface area (Å²) in [6, 6.07) is 11.0. The summed E-state index contributed by atoms with van der Waals surface area (Å²) in [5.74, 6) is 2.08. The summed E-state index contributed by atoms with van der Waals surface area (Å²) in [4.78, 5) is 12.4. The van der Waals surface area contributed by atoms with Crippen molar-refractivity contribution in [1.29, 1.82) is 0 Å². The van der Waals surface area contributed by atoms with Gasteiger partial charge in [0, 0.05) is 23.9 Å². The van der Waals surface area contributed by atoms with Crippen LogP contribution in [0.25, 0.3) is 11.6 Å². The number of carbonyl (C=O) groups excluding carboxylic acids is 1. The molecule has 0 radical (unpaired) electrons. The summed E-state index contributed by atoms with van der Waals surface area (Å²) >= 11 is 0. The molecule has 0 saturated heterocycles. The second-order valence-corrected chi connectivity index (χ2v) is 6.37. The lowest BCUT2D eigenvalue weighted by atomic mass is 9.85. The molecular weight excluding hydrogens is 332 g/mol. The van der Waals surface area contributed by atoms with E-state index in [0.717, 1.165) is 18.5 Å². The van der Waals surface area contributed by atoms with Gasteiger partial charge in [0.2, 0.25) is 11.8 Å². The van der Waals surface area contributed by atoms with Crippen LogP contribution in [-0.2, 0) is 11.3 Å². The minimum Gasteiger partial charge on any atom is -0.497 e. The van der Waals surface area contributed by atoms with E-state index in [1.54, 1.807) is 17.7 Å². The SMILES string of the molecule is COc1cccc(NC(=O)Cn2cccc2-c2nnc(C3CCC3)o2)c1. The van der Waals surface area contributed by atoms with Crippen molar-refractivity contribution in [3.05, 3.63) is 48.5 Å². The zero-order chi connectivity index (χ0) is 17.9. The van der Waals surface area contributed by atoms with Crippen LogP contribution in [0.3, 0.4) is 0 Å². The third-order valence-corrected chi connectivity index (χ3v) is 4.61. The van der Waals surface area contributed by atoms with Gasteiger partial charge in [-0.05, 0) is 37.1 Å². The number of anilines is 1. The average molecular weight is 352 g/mol. The number of aromatic nitrogens is 3. The maximum Gasteiger partial charge on any atom is 0.264 e. The highest BCUT2D eigenvalue weighted by atomic mass is 16.5. The summed E-state index contributed by atoms with van der Waals surface area (Å²) in [5, 5.41) is 11.2. The molecule has 1 aromatic carbocycles. The number of methoxy groups -OCH3 is 1. The summed E-state index contributed by atoms with van der Waals surface area (Å²) in [7, 11) is 1.59. The Kier molecular flexibility index (Phi) is 4.43. The average Bonchev–Trinajstić information content (AvgIpc) is 3.22. The number of nitrogens with one attached hydrogen (secondary N) is 1. The molecule has 1 amide bonds. The molecule has 0 unspecified atom stereocenters. The molecular formula is C19H20N4O3. The van der Waals surface area contributed by atoms with Gasteiger partial charge in [-0.2, -0.15) is 0 Å². The smallest absolute Gasteiger partial charge is 0.264 e. The molecule has 2 aromatic heterocycles. The van der Waals surface area contributed by atoms with Crippen molar-refractivity contribution in [1.82, 2.24) is 14.8 Å². The minimum atomic E-state index is -0.144. The molecule has 7 heteroatoms. The second kappa shape index (κ2) is 7.03. The molecule has 0 bridgehead atoms. The number of rotatable bonds is 6. The lowest BCUT2D eigenvalue weighted by Gasteiger charge is -2.20. The van der Waals surface area contributed by atoms with Gasteiger partial charge in [-0.15, -0.1) is 10.2 Å². The van der Waals surface area contributed by atoms with Crippen molar-refractivity contribution < 1.29 is 13.9 Å². The van der Waals surface area contributed by atoms with Gasteiger partial charge in [-0.25, -0.2) is 0 Å². The largest absolute Gasteiger partial charge is 0.497 e. The fourth-order valence-electron chi connectivity index (χ4n) is 2.96. The van der Waals surface area contributed by atoms with Crippen LogP contribution in [0, 0.1) is 0 Å². The molecule has 4 rings (SSSR count). The van der Waals surface area contributed by atoms with E-state index in [-0.39, 0.29) is 12.5 Å². The third-order valence-electron chi connectivity index (χ3n) is 4.61. The summed E-state index contributed by atoms with van der Waals surface area (Å²) < 4.78 is 12.8. The molecule has 26 heavy (non-hydrogen) atoms. The zero-order valence-corrected chi connectivity index (χ0v) is 14.5. The second-order valence-electron chi connectivity index (χ2n) is 6.37. The van der Waals surface area contributed by atoms with Crippen LogP contribution in [-0.4, -0.2) is 27.8 Å². The third kappa shape index (κ3) is 3.33. The van der Waals surface area contributed by atoms with Gasteiger partial charge in [0.25, 0.3) is 5.89 Å². The Morgan fingerprint density at radius 1 is 1.31 bits per heavy atom. The van der Waals surface area contributed by atoms with Crippen LogP contribution >= 0.6 is 0 Å². The van der Waals surface area contributed by atoms with Gasteiger partial charge in [0.05, 0.1) is 7.11 Å². The Balaban J connectivity index is 1.46. The van der Waals surface area contributed by atoms with Crippen LogP contribution in [0.2, 0.25) is 0 Å². The van der Waals surface area contributed by atoms with E-state index in [9.17, 15) is 4.79 Å². The van der Waals surface area contributed by atoms with E-state index < -0.39 is 0 Å². The van der Waals surface area contributed by atoms with Crippen LogP contribution in [0.15, 0.2) is 47.0 Å². The first kappa shape index (κ1) is 16.4. The first-order valence-electron chi connectivity index (χ1n) is 8.66. The van der Waals surface area contributed by atoms with E-state index >= 15 is 0 Å². The lowest BCUT2D eigenvalue weighted by Crippen LogP contribution is -2.18. The van der Waals surface area contributed by atoms with E-state index in [1.165, 1.54) is 6.42 Å². The van der Waals surface area contributed by atoms with E-state index in [0.29, 0.717) is 29.1 Å². The summed E-state index contributed by atoms with van der Waals surface area (Å²) in [5.41, 5.74) is 1.43. The molecule has 2 heterocycles. The van der Waals surface area contributed by atoms with Gasteiger partial charge in [0.1, 0.15) is 18.0 Å². The number of carbonyl (C=O) groups is 1. The molecule has 134 valence electrons. The van der Waals surface area contributed by atoms with Crippen LogP contribution < -0.4 is 10.1 Å². The predicted molar refractivity (Wildman–Crippen MR) is 95.9 cm³/mol. The van der Waals surface area contributed by atoms with Gasteiger partial charge in [-0.3, -0.25) is 4.79 Å². The number of benzene rings is 1. The maximum atomic E-state index is 12.4. The molecule has 0 spiro atoms. The quantitative estimate of drug-likeness (QED) is 0.735. The number of amides is 1. The molecule has 1 fully saturated rings. The molecule has 3 aromatic rings. The number of nitrogens with zero attached hydrogens (tertiary/aromatic N) is 3. The molecule has 1 saturated carbocycles. The minimum absolute atomic E-state index is 0.144. The van der Waals surface area contributed by atoms with E-state index in [2.05, 4.69) is 15.5 Å². The van der Waals surface area contributed by atoms with Crippen LogP contribution in [0.4, 0.5) is 5.69 Å². The molecule has 0 atom stereocenters. The first-order chi connectivity index (χ1) is 12.7. The maximum absolute atomic E-state index is 12.4. The predicted octanol–water partition coefficient (Wildman–Crippen LogP) is 3.45. The molecule has 0 aliphatic heterocycles. The lowest BCUT2D eigenvalue weighted by molar-refractivity contribution is -0.116. The Hall–Kier alpha value is -3.09. The van der Waals surface area contributed by atoms with Gasteiger partial charge >= 0.3 is 0 Å². The highest BCUT2D eigenvalue weighted by Gasteiger charge is 2.26. The Bertz CT molecular complexity index is 911. The zero-order valence-electron chi connectivity index (χ0n) is 14.5. The monoisotopic (exact) mass is 352 g/mol. The summed E-state index contributed by atoms with van der Waals surface area (Å²) in [6.07, 6.45) is 5.24. The van der Waals surface area contributed by atoms with Crippen molar-refractivity contribution in [2.75, 3.05) is 12.4 Å². The Morgan fingerprint density at radius 3 is 2.96 bits per heavy atom. The normalized spacial score (nSPS) is 14.0. The van der Waals surface area contributed by atoms with Gasteiger partial charge < -0.3 is 19.0 Å². The highest BCUT2D eigenvalue weighted by Crippen LogP contribution is 2.36. The van der Waals surface area contributed by atoms with E-state index in [1.807, 2.05) is 36.5 Å². The summed E-state index contributed by atoms with van der Waals surface area (Å²) in [6.45, 7) is 0.153. The van der Waals surface area contributed by atoms with Crippen LogP contribution in [0.5, 0.6) is 5.75 Å². The molecule has 1 aliphatic rings. The standard InChI is InChI=1S/C19H20N4O3/c1-25-15-8-3-7-14(11-15)20-17(24)12-23-10-4-9-16(23)19-22-21-18(26-19)13-5-2-6-13/h3-4,7-11,13H,2,5-6,12H2,1H3,(H,20,24).